The fourth-order valence-electron chi connectivity index (χ4n) is 2.41. The Bertz CT molecular complexity index is 466. The molecule has 1 aliphatic heterocycles. The van der Waals surface area contributed by atoms with Gasteiger partial charge >= 0.3 is 0 Å². The van der Waals surface area contributed by atoms with E-state index in [9.17, 15) is 4.79 Å². The summed E-state index contributed by atoms with van der Waals surface area (Å²) in [5, 5.41) is 3.31. The molecule has 0 spiro atoms. The van der Waals surface area contributed by atoms with Crippen LogP contribution in [0.3, 0.4) is 0 Å². The van der Waals surface area contributed by atoms with E-state index < -0.39 is 5.54 Å². The number of carbonyl (C=O) groups excluding carboxylic acids is 1. The zero-order valence-electron chi connectivity index (χ0n) is 11.7. The third-order valence-electron chi connectivity index (χ3n) is 3.77. The molecular weight excluding hydrogens is 224 g/mol. The van der Waals surface area contributed by atoms with Gasteiger partial charge in [0.15, 0.2) is 0 Å². The van der Waals surface area contributed by atoms with Crippen LogP contribution in [-0.2, 0) is 4.79 Å². The molecule has 0 aromatic heterocycles. The Hall–Kier alpha value is -1.35. The Balaban J connectivity index is 2.42. The number of benzene rings is 1. The molecular formula is C15H22N2O. The molecule has 1 fully saturated rings. The second kappa shape index (κ2) is 4.73. The first-order chi connectivity index (χ1) is 8.43. The summed E-state index contributed by atoms with van der Waals surface area (Å²) < 4.78 is 0. The van der Waals surface area contributed by atoms with Gasteiger partial charge in [-0.25, -0.2) is 0 Å². The normalized spacial score (nSPS) is 19.8. The zero-order valence-corrected chi connectivity index (χ0v) is 11.7. The number of anilines is 1. The number of carbonyl (C=O) groups is 1. The molecule has 0 radical (unpaired) electrons. The maximum Gasteiger partial charge on any atom is 0.246 e. The van der Waals surface area contributed by atoms with Crippen molar-refractivity contribution in [3.63, 3.8) is 0 Å². The molecule has 1 aromatic rings. The summed E-state index contributed by atoms with van der Waals surface area (Å²) in [4.78, 5) is 14.5. The molecule has 0 atom stereocenters. The van der Waals surface area contributed by atoms with Crippen LogP contribution in [0.25, 0.3) is 0 Å². The molecule has 3 nitrogen and oxygen atoms in total. The monoisotopic (exact) mass is 246 g/mol. The maximum atomic E-state index is 12.6. The highest BCUT2D eigenvalue weighted by molar-refractivity contribution is 6.00. The van der Waals surface area contributed by atoms with Crippen molar-refractivity contribution < 1.29 is 4.79 Å². The molecule has 0 bridgehead atoms. The molecule has 1 aromatic carbocycles. The van der Waals surface area contributed by atoms with Crippen LogP contribution < -0.4 is 10.2 Å². The highest BCUT2D eigenvalue weighted by Crippen LogP contribution is 2.26. The number of hydrogen-bond acceptors (Lipinski definition) is 2. The van der Waals surface area contributed by atoms with E-state index in [2.05, 4.69) is 25.2 Å². The minimum absolute atomic E-state index is 0.161. The lowest BCUT2D eigenvalue weighted by Crippen LogP contribution is -2.52. The first-order valence-electron chi connectivity index (χ1n) is 6.57. The van der Waals surface area contributed by atoms with Gasteiger partial charge < -0.3 is 10.2 Å². The largest absolute Gasteiger partial charge is 0.311 e. The molecule has 98 valence electrons. The third-order valence-corrected chi connectivity index (χ3v) is 3.77. The fourth-order valence-corrected chi connectivity index (χ4v) is 2.41. The van der Waals surface area contributed by atoms with E-state index >= 15 is 0 Å². The number of amides is 1. The van der Waals surface area contributed by atoms with Crippen LogP contribution >= 0.6 is 0 Å². The molecule has 18 heavy (non-hydrogen) atoms. The van der Waals surface area contributed by atoms with Crippen molar-refractivity contribution in [1.29, 1.82) is 0 Å². The Kier molecular flexibility index (Phi) is 3.44. The van der Waals surface area contributed by atoms with Gasteiger partial charge in [-0.05, 0) is 57.9 Å². The van der Waals surface area contributed by atoms with E-state index in [4.69, 9.17) is 0 Å². The summed E-state index contributed by atoms with van der Waals surface area (Å²) >= 11 is 0. The molecule has 1 heterocycles. The van der Waals surface area contributed by atoms with Crippen LogP contribution in [0, 0.1) is 13.8 Å². The van der Waals surface area contributed by atoms with E-state index in [1.54, 1.807) is 0 Å². The Morgan fingerprint density at radius 1 is 1.28 bits per heavy atom. The van der Waals surface area contributed by atoms with Gasteiger partial charge in [-0.1, -0.05) is 12.1 Å². The predicted octanol–water partition coefficient (Wildman–Crippen LogP) is 2.41. The van der Waals surface area contributed by atoms with Gasteiger partial charge in [-0.15, -0.1) is 0 Å². The van der Waals surface area contributed by atoms with E-state index in [0.717, 1.165) is 25.2 Å². The Morgan fingerprint density at radius 3 is 2.72 bits per heavy atom. The topological polar surface area (TPSA) is 32.3 Å². The van der Waals surface area contributed by atoms with Crippen LogP contribution in [0.2, 0.25) is 0 Å². The fraction of sp³-hybridized carbons (Fsp3) is 0.533. The van der Waals surface area contributed by atoms with E-state index in [1.165, 1.54) is 11.1 Å². The number of nitrogens with zero attached hydrogens (tertiary/aromatic N) is 1. The standard InChI is InChI=1S/C15H22N2O/c1-11-7-5-8-13(12(11)2)17-10-6-9-16-15(3,4)14(17)18/h5,7-8,16H,6,9-10H2,1-4H3. The molecule has 1 amide bonds. The zero-order chi connectivity index (χ0) is 13.3. The van der Waals surface area contributed by atoms with E-state index in [0.29, 0.717) is 0 Å². The van der Waals surface area contributed by atoms with Gasteiger partial charge in [0.1, 0.15) is 0 Å². The third kappa shape index (κ3) is 2.27. The quantitative estimate of drug-likeness (QED) is 0.825. The van der Waals surface area contributed by atoms with Crippen molar-refractivity contribution in [1.82, 2.24) is 5.32 Å². The van der Waals surface area contributed by atoms with Crippen molar-refractivity contribution in [2.45, 2.75) is 39.7 Å². The summed E-state index contributed by atoms with van der Waals surface area (Å²) in [5.41, 5.74) is 3.00. The van der Waals surface area contributed by atoms with Crippen LogP contribution in [0.1, 0.15) is 31.4 Å². The van der Waals surface area contributed by atoms with Crippen LogP contribution in [0.15, 0.2) is 18.2 Å². The van der Waals surface area contributed by atoms with Crippen molar-refractivity contribution in [3.8, 4) is 0 Å². The minimum Gasteiger partial charge on any atom is -0.311 e. The van der Waals surface area contributed by atoms with Gasteiger partial charge in [-0.3, -0.25) is 4.79 Å². The predicted molar refractivity (Wildman–Crippen MR) is 75.0 cm³/mol. The molecule has 1 saturated heterocycles. The molecule has 0 unspecified atom stereocenters. The average molecular weight is 246 g/mol. The van der Waals surface area contributed by atoms with Gasteiger partial charge in [0, 0.05) is 12.2 Å². The van der Waals surface area contributed by atoms with Gasteiger partial charge in [-0.2, -0.15) is 0 Å². The number of nitrogens with one attached hydrogen (secondary N) is 1. The number of hydrogen-bond donors (Lipinski definition) is 1. The first kappa shape index (κ1) is 13.1. The van der Waals surface area contributed by atoms with Crippen molar-refractivity contribution in [2.24, 2.45) is 0 Å². The number of rotatable bonds is 1. The molecule has 1 aliphatic rings. The van der Waals surface area contributed by atoms with Crippen LogP contribution in [0.5, 0.6) is 0 Å². The second-order valence-electron chi connectivity index (χ2n) is 5.58. The maximum absolute atomic E-state index is 12.6. The van der Waals surface area contributed by atoms with Crippen molar-refractivity contribution >= 4 is 11.6 Å². The molecule has 0 aliphatic carbocycles. The summed E-state index contributed by atoms with van der Waals surface area (Å²) in [5.74, 6) is 0.161. The lowest BCUT2D eigenvalue weighted by Gasteiger charge is -2.30. The molecule has 1 N–H and O–H groups in total. The summed E-state index contributed by atoms with van der Waals surface area (Å²) in [6.07, 6.45) is 0.989. The summed E-state index contributed by atoms with van der Waals surface area (Å²) in [6.45, 7) is 9.77. The smallest absolute Gasteiger partial charge is 0.246 e. The van der Waals surface area contributed by atoms with Crippen LogP contribution in [-0.4, -0.2) is 24.5 Å². The first-order valence-corrected chi connectivity index (χ1v) is 6.57. The van der Waals surface area contributed by atoms with Gasteiger partial charge in [0.2, 0.25) is 5.91 Å². The summed E-state index contributed by atoms with van der Waals surface area (Å²) in [7, 11) is 0. The Morgan fingerprint density at radius 2 is 2.00 bits per heavy atom. The Labute approximate surface area is 109 Å². The van der Waals surface area contributed by atoms with Crippen molar-refractivity contribution in [2.75, 3.05) is 18.0 Å². The van der Waals surface area contributed by atoms with Gasteiger partial charge in [0.25, 0.3) is 0 Å². The molecule has 0 saturated carbocycles. The van der Waals surface area contributed by atoms with Crippen molar-refractivity contribution in [3.05, 3.63) is 29.3 Å². The van der Waals surface area contributed by atoms with Gasteiger partial charge in [0.05, 0.1) is 5.54 Å². The average Bonchev–Trinajstić information content (AvgIpc) is 2.44. The molecule has 2 rings (SSSR count). The molecule has 3 heteroatoms. The van der Waals surface area contributed by atoms with E-state index in [-0.39, 0.29) is 5.91 Å². The lowest BCUT2D eigenvalue weighted by atomic mass is 10.0. The second-order valence-corrected chi connectivity index (χ2v) is 5.58. The summed E-state index contributed by atoms with van der Waals surface area (Å²) in [6, 6.07) is 6.16. The van der Waals surface area contributed by atoms with E-state index in [1.807, 2.05) is 30.9 Å². The SMILES string of the molecule is Cc1cccc(N2CCCNC(C)(C)C2=O)c1C. The number of aryl methyl sites for hydroxylation is 1. The lowest BCUT2D eigenvalue weighted by molar-refractivity contribution is -0.123. The highest BCUT2D eigenvalue weighted by Gasteiger charge is 2.34. The highest BCUT2D eigenvalue weighted by atomic mass is 16.2. The van der Waals surface area contributed by atoms with Crippen LogP contribution in [0.4, 0.5) is 5.69 Å². The minimum atomic E-state index is -0.479.